The molecule has 5 heteroatoms. The molecule has 0 aromatic heterocycles. The van der Waals surface area contributed by atoms with Crippen molar-refractivity contribution in [2.75, 3.05) is 26.2 Å². The maximum atomic E-state index is 12.1. The number of nitrogens with one attached hydrogen (secondary N) is 2. The van der Waals surface area contributed by atoms with Crippen molar-refractivity contribution < 1.29 is 9.59 Å². The van der Waals surface area contributed by atoms with Crippen LogP contribution in [0.3, 0.4) is 0 Å². The summed E-state index contributed by atoms with van der Waals surface area (Å²) in [4.78, 5) is 25.1. The van der Waals surface area contributed by atoms with Gasteiger partial charge in [-0.1, -0.05) is 0 Å². The average Bonchev–Trinajstić information content (AvgIpc) is 2.89. The van der Waals surface area contributed by atoms with E-state index in [1.165, 1.54) is 0 Å². The van der Waals surface area contributed by atoms with Gasteiger partial charge in [0.25, 0.3) is 0 Å². The summed E-state index contributed by atoms with van der Waals surface area (Å²) >= 11 is 0. The minimum absolute atomic E-state index is 0.0133. The molecule has 0 aliphatic carbocycles. The Hall–Kier alpha value is -1.10. The number of hydrogen-bond acceptors (Lipinski definition) is 3. The Bertz CT molecular complexity index is 319. The minimum Gasteiger partial charge on any atom is -0.344 e. The van der Waals surface area contributed by atoms with Crippen LogP contribution < -0.4 is 10.6 Å². The molecule has 0 aromatic rings. The standard InChI is InChI=1S/C11H17N3O2/c15-10-2-1-9(13-10)11(16)14-5-7-3-12-4-8(7)6-14/h7-9,12H,1-6H2,(H,13,15)/t7?,8?,9-/m1/s1. The van der Waals surface area contributed by atoms with Crippen LogP contribution in [0.1, 0.15) is 12.8 Å². The number of carbonyl (C=O) groups is 2. The highest BCUT2D eigenvalue weighted by molar-refractivity contribution is 5.90. The normalized spacial score (nSPS) is 37.6. The first-order valence-electron chi connectivity index (χ1n) is 6.03. The molecule has 3 aliphatic heterocycles. The molecular weight excluding hydrogens is 206 g/mol. The second-order valence-corrected chi connectivity index (χ2v) is 5.08. The molecule has 0 radical (unpaired) electrons. The van der Waals surface area contributed by atoms with E-state index < -0.39 is 0 Å². The van der Waals surface area contributed by atoms with Crippen LogP contribution in [0.15, 0.2) is 0 Å². The maximum absolute atomic E-state index is 12.1. The van der Waals surface area contributed by atoms with Gasteiger partial charge in [0, 0.05) is 32.6 Å². The lowest BCUT2D eigenvalue weighted by Crippen LogP contribution is -2.44. The van der Waals surface area contributed by atoms with E-state index in [1.807, 2.05) is 4.90 Å². The molecule has 88 valence electrons. The van der Waals surface area contributed by atoms with Crippen LogP contribution in [0.5, 0.6) is 0 Å². The van der Waals surface area contributed by atoms with E-state index in [1.54, 1.807) is 0 Å². The highest BCUT2D eigenvalue weighted by Crippen LogP contribution is 2.27. The van der Waals surface area contributed by atoms with Gasteiger partial charge in [-0.3, -0.25) is 9.59 Å². The molecule has 3 atom stereocenters. The lowest BCUT2D eigenvalue weighted by molar-refractivity contribution is -0.133. The Labute approximate surface area is 94.6 Å². The third kappa shape index (κ3) is 1.59. The van der Waals surface area contributed by atoms with Gasteiger partial charge in [0.1, 0.15) is 6.04 Å². The number of hydrogen-bond donors (Lipinski definition) is 2. The van der Waals surface area contributed by atoms with E-state index in [-0.39, 0.29) is 17.9 Å². The quantitative estimate of drug-likeness (QED) is 0.596. The Morgan fingerprint density at radius 2 is 1.94 bits per heavy atom. The van der Waals surface area contributed by atoms with E-state index in [9.17, 15) is 9.59 Å². The summed E-state index contributed by atoms with van der Waals surface area (Å²) < 4.78 is 0. The lowest BCUT2D eigenvalue weighted by atomic mass is 10.0. The highest BCUT2D eigenvalue weighted by atomic mass is 16.2. The van der Waals surface area contributed by atoms with Crippen LogP contribution in [-0.4, -0.2) is 48.9 Å². The molecule has 3 fully saturated rings. The van der Waals surface area contributed by atoms with Crippen LogP contribution in [0.25, 0.3) is 0 Å². The zero-order chi connectivity index (χ0) is 11.1. The summed E-state index contributed by atoms with van der Waals surface area (Å²) in [6.07, 6.45) is 1.17. The Kier molecular flexibility index (Phi) is 2.35. The van der Waals surface area contributed by atoms with E-state index in [4.69, 9.17) is 0 Å². The molecule has 16 heavy (non-hydrogen) atoms. The average molecular weight is 223 g/mol. The first kappa shape index (κ1) is 10.1. The van der Waals surface area contributed by atoms with Crippen molar-refractivity contribution in [2.24, 2.45) is 11.8 Å². The van der Waals surface area contributed by atoms with E-state index in [0.717, 1.165) is 26.2 Å². The number of carbonyl (C=O) groups excluding carboxylic acids is 2. The van der Waals surface area contributed by atoms with Crippen molar-refractivity contribution >= 4 is 11.8 Å². The zero-order valence-electron chi connectivity index (χ0n) is 9.24. The third-order valence-corrected chi connectivity index (χ3v) is 3.99. The van der Waals surface area contributed by atoms with Crippen molar-refractivity contribution in [3.63, 3.8) is 0 Å². The fourth-order valence-corrected chi connectivity index (χ4v) is 3.06. The molecule has 2 unspecified atom stereocenters. The minimum atomic E-state index is -0.251. The topological polar surface area (TPSA) is 61.4 Å². The summed E-state index contributed by atoms with van der Waals surface area (Å²) in [6, 6.07) is -0.251. The molecule has 2 amide bonds. The molecule has 0 bridgehead atoms. The van der Waals surface area contributed by atoms with Crippen molar-refractivity contribution in [1.29, 1.82) is 0 Å². The van der Waals surface area contributed by atoms with Gasteiger partial charge < -0.3 is 15.5 Å². The second kappa shape index (κ2) is 3.73. The number of amides is 2. The first-order chi connectivity index (χ1) is 7.74. The predicted octanol–water partition coefficient (Wildman–Crippen LogP) is -1.06. The van der Waals surface area contributed by atoms with Crippen molar-refractivity contribution in [3.05, 3.63) is 0 Å². The zero-order valence-corrected chi connectivity index (χ0v) is 9.24. The molecule has 0 spiro atoms. The maximum Gasteiger partial charge on any atom is 0.245 e. The largest absolute Gasteiger partial charge is 0.344 e. The Balaban J connectivity index is 1.62. The van der Waals surface area contributed by atoms with Gasteiger partial charge in [-0.15, -0.1) is 0 Å². The fraction of sp³-hybridized carbons (Fsp3) is 0.818. The van der Waals surface area contributed by atoms with Gasteiger partial charge in [-0.25, -0.2) is 0 Å². The Morgan fingerprint density at radius 1 is 1.25 bits per heavy atom. The molecule has 0 saturated carbocycles. The SMILES string of the molecule is O=C1CC[C@H](C(=O)N2CC3CNCC3C2)N1. The van der Waals surface area contributed by atoms with E-state index >= 15 is 0 Å². The summed E-state index contributed by atoms with van der Waals surface area (Å²) in [6.45, 7) is 3.79. The summed E-state index contributed by atoms with van der Waals surface area (Å²) in [5.74, 6) is 1.39. The number of fused-ring (bicyclic) bond motifs is 1. The van der Waals surface area contributed by atoms with Gasteiger partial charge in [0.15, 0.2) is 0 Å². The van der Waals surface area contributed by atoms with Crippen LogP contribution >= 0.6 is 0 Å². The summed E-state index contributed by atoms with van der Waals surface area (Å²) in [5.41, 5.74) is 0. The van der Waals surface area contributed by atoms with Crippen LogP contribution in [0, 0.1) is 11.8 Å². The molecule has 2 N–H and O–H groups in total. The smallest absolute Gasteiger partial charge is 0.245 e. The van der Waals surface area contributed by atoms with Gasteiger partial charge in [0.05, 0.1) is 0 Å². The molecular formula is C11H17N3O2. The number of rotatable bonds is 1. The van der Waals surface area contributed by atoms with Crippen LogP contribution in [0.2, 0.25) is 0 Å². The van der Waals surface area contributed by atoms with Crippen LogP contribution in [0.4, 0.5) is 0 Å². The monoisotopic (exact) mass is 223 g/mol. The molecule has 3 rings (SSSR count). The van der Waals surface area contributed by atoms with E-state index in [0.29, 0.717) is 24.7 Å². The molecule has 3 aliphatic rings. The molecule has 5 nitrogen and oxygen atoms in total. The second-order valence-electron chi connectivity index (χ2n) is 5.08. The van der Waals surface area contributed by atoms with Crippen molar-refractivity contribution in [3.8, 4) is 0 Å². The van der Waals surface area contributed by atoms with Gasteiger partial charge in [-0.2, -0.15) is 0 Å². The summed E-state index contributed by atoms with van der Waals surface area (Å²) in [7, 11) is 0. The van der Waals surface area contributed by atoms with Crippen molar-refractivity contribution in [1.82, 2.24) is 15.5 Å². The fourth-order valence-electron chi connectivity index (χ4n) is 3.06. The third-order valence-electron chi connectivity index (χ3n) is 3.99. The number of likely N-dealkylation sites (tertiary alicyclic amines) is 1. The number of nitrogens with zero attached hydrogens (tertiary/aromatic N) is 1. The molecule has 0 aromatic carbocycles. The van der Waals surface area contributed by atoms with Gasteiger partial charge in [-0.05, 0) is 18.3 Å². The first-order valence-corrected chi connectivity index (χ1v) is 6.03. The highest BCUT2D eigenvalue weighted by Gasteiger charge is 2.40. The lowest BCUT2D eigenvalue weighted by Gasteiger charge is -2.21. The molecule has 3 heterocycles. The van der Waals surface area contributed by atoms with E-state index in [2.05, 4.69) is 10.6 Å². The Morgan fingerprint density at radius 3 is 2.50 bits per heavy atom. The predicted molar refractivity (Wildman–Crippen MR) is 57.6 cm³/mol. The summed E-state index contributed by atoms with van der Waals surface area (Å²) in [5, 5.41) is 6.10. The van der Waals surface area contributed by atoms with Crippen LogP contribution in [-0.2, 0) is 9.59 Å². The molecule has 3 saturated heterocycles. The van der Waals surface area contributed by atoms with Crippen molar-refractivity contribution in [2.45, 2.75) is 18.9 Å². The van der Waals surface area contributed by atoms with Gasteiger partial charge >= 0.3 is 0 Å². The van der Waals surface area contributed by atoms with Gasteiger partial charge in [0.2, 0.25) is 11.8 Å².